The molecule has 1 saturated carbocycles. The number of rotatable bonds is 5. The van der Waals surface area contributed by atoms with Crippen molar-refractivity contribution in [2.24, 2.45) is 0 Å². The van der Waals surface area contributed by atoms with Crippen LogP contribution in [-0.4, -0.2) is 28.7 Å². The van der Waals surface area contributed by atoms with Gasteiger partial charge >= 0.3 is 6.18 Å². The van der Waals surface area contributed by atoms with E-state index in [-0.39, 0.29) is 11.7 Å². The monoisotopic (exact) mass is 306 g/mol. The van der Waals surface area contributed by atoms with Crippen molar-refractivity contribution in [3.05, 3.63) is 11.7 Å². The molecule has 5 nitrogen and oxygen atoms in total. The molecule has 0 aromatic carbocycles. The first-order valence-electron chi connectivity index (χ1n) is 6.94. The Labute approximate surface area is 119 Å². The molecule has 0 spiro atoms. The summed E-state index contributed by atoms with van der Waals surface area (Å²) in [5, 5.41) is 3.74. The van der Waals surface area contributed by atoms with E-state index in [0.29, 0.717) is 19.4 Å². The fraction of sp³-hybridized carbons (Fsp3) is 0.769. The van der Waals surface area contributed by atoms with Crippen LogP contribution in [0, 0.1) is 0 Å². The summed E-state index contributed by atoms with van der Waals surface area (Å²) in [6, 6.07) is 0. The van der Waals surface area contributed by atoms with Crippen LogP contribution < -0.4 is 0 Å². The first-order chi connectivity index (χ1) is 9.87. The van der Waals surface area contributed by atoms with E-state index in [1.165, 1.54) is 0 Å². The van der Waals surface area contributed by atoms with Crippen molar-refractivity contribution in [1.29, 1.82) is 0 Å². The van der Waals surface area contributed by atoms with Crippen molar-refractivity contribution >= 4 is 5.78 Å². The molecule has 0 aliphatic heterocycles. The van der Waals surface area contributed by atoms with Crippen LogP contribution in [0.5, 0.6) is 0 Å². The van der Waals surface area contributed by atoms with Crippen LogP contribution in [0.1, 0.15) is 50.7 Å². The van der Waals surface area contributed by atoms with Crippen LogP contribution in [-0.2, 0) is 21.6 Å². The molecule has 2 rings (SSSR count). The highest BCUT2D eigenvalue weighted by Gasteiger charge is 2.41. The molecule has 8 heteroatoms. The summed E-state index contributed by atoms with van der Waals surface area (Å²) in [4.78, 5) is 14.9. The normalized spacial score (nSPS) is 18.7. The van der Waals surface area contributed by atoms with Gasteiger partial charge < -0.3 is 9.26 Å². The van der Waals surface area contributed by atoms with E-state index in [0.717, 1.165) is 19.3 Å². The number of carbonyl (C=O) groups excluding carboxylic acids is 1. The number of ether oxygens (including phenoxy) is 1. The van der Waals surface area contributed by atoms with Crippen molar-refractivity contribution in [2.75, 3.05) is 6.61 Å². The highest BCUT2D eigenvalue weighted by atomic mass is 19.4. The first-order valence-corrected chi connectivity index (χ1v) is 6.94. The summed E-state index contributed by atoms with van der Waals surface area (Å²) in [6.45, 7) is 2.29. The van der Waals surface area contributed by atoms with Crippen molar-refractivity contribution in [2.45, 2.75) is 57.2 Å². The number of Topliss-reactive ketones (excluding diaryl/α,β-unsaturated/α-hetero) is 1. The SMILES string of the molecule is CCOC1(c2noc(CC(=O)C(F)(F)F)n2)CCCCC1. The van der Waals surface area contributed by atoms with Gasteiger partial charge in [-0.05, 0) is 19.8 Å². The number of carbonyl (C=O) groups is 1. The fourth-order valence-electron chi connectivity index (χ4n) is 2.58. The third-order valence-electron chi connectivity index (χ3n) is 3.59. The molecule has 1 aromatic heterocycles. The molecule has 0 bridgehead atoms. The molecule has 0 radical (unpaired) electrons. The van der Waals surface area contributed by atoms with E-state index >= 15 is 0 Å². The van der Waals surface area contributed by atoms with Crippen molar-refractivity contribution < 1.29 is 27.2 Å². The van der Waals surface area contributed by atoms with Gasteiger partial charge in [-0.2, -0.15) is 18.2 Å². The molecule has 1 aliphatic rings. The highest BCUT2D eigenvalue weighted by Crippen LogP contribution is 2.39. The van der Waals surface area contributed by atoms with E-state index < -0.39 is 24.0 Å². The third-order valence-corrected chi connectivity index (χ3v) is 3.59. The number of ketones is 1. The van der Waals surface area contributed by atoms with Crippen molar-refractivity contribution in [1.82, 2.24) is 10.1 Å². The quantitative estimate of drug-likeness (QED) is 0.837. The van der Waals surface area contributed by atoms with E-state index in [1.54, 1.807) is 0 Å². The van der Waals surface area contributed by atoms with Crippen LogP contribution in [0.2, 0.25) is 0 Å². The predicted molar refractivity (Wildman–Crippen MR) is 65.5 cm³/mol. The van der Waals surface area contributed by atoms with Gasteiger partial charge in [0.1, 0.15) is 5.60 Å². The number of nitrogens with zero attached hydrogens (tertiary/aromatic N) is 2. The molecule has 1 heterocycles. The fourth-order valence-corrected chi connectivity index (χ4v) is 2.58. The standard InChI is InChI=1S/C13H17F3N2O3/c1-2-20-12(6-4-3-5-7-12)11-17-10(21-18-11)8-9(19)13(14,15)16/h2-8H2,1H3. The van der Waals surface area contributed by atoms with E-state index in [1.807, 2.05) is 6.92 Å². The Balaban J connectivity index is 2.15. The van der Waals surface area contributed by atoms with Gasteiger partial charge in [0, 0.05) is 6.61 Å². The predicted octanol–water partition coefficient (Wildman–Crippen LogP) is 2.94. The summed E-state index contributed by atoms with van der Waals surface area (Å²) in [5.41, 5.74) is -0.698. The average Bonchev–Trinajstić information content (AvgIpc) is 2.88. The molecular formula is C13H17F3N2O3. The number of aromatic nitrogens is 2. The highest BCUT2D eigenvalue weighted by molar-refractivity contribution is 5.85. The van der Waals surface area contributed by atoms with Gasteiger partial charge in [-0.15, -0.1) is 0 Å². The number of alkyl halides is 3. The summed E-state index contributed by atoms with van der Waals surface area (Å²) in [5.74, 6) is -1.97. The van der Waals surface area contributed by atoms with Gasteiger partial charge in [-0.1, -0.05) is 24.4 Å². The summed E-state index contributed by atoms with van der Waals surface area (Å²) >= 11 is 0. The maximum absolute atomic E-state index is 12.2. The lowest BCUT2D eigenvalue weighted by Gasteiger charge is -2.33. The van der Waals surface area contributed by atoms with Gasteiger partial charge in [-0.25, -0.2) is 0 Å². The Bertz CT molecular complexity index is 488. The van der Waals surface area contributed by atoms with Crippen LogP contribution >= 0.6 is 0 Å². The van der Waals surface area contributed by atoms with Crippen LogP contribution in [0.15, 0.2) is 4.52 Å². The minimum Gasteiger partial charge on any atom is -0.367 e. The van der Waals surface area contributed by atoms with Gasteiger partial charge in [0.2, 0.25) is 17.5 Å². The summed E-state index contributed by atoms with van der Waals surface area (Å²) in [7, 11) is 0. The minimum absolute atomic E-state index is 0.244. The molecule has 1 fully saturated rings. The molecule has 0 unspecified atom stereocenters. The van der Waals surface area contributed by atoms with Gasteiger partial charge in [-0.3, -0.25) is 4.79 Å². The molecule has 0 atom stereocenters. The Morgan fingerprint density at radius 3 is 2.57 bits per heavy atom. The van der Waals surface area contributed by atoms with Crippen LogP contribution in [0.4, 0.5) is 13.2 Å². The second kappa shape index (κ2) is 6.13. The molecule has 0 amide bonds. The molecule has 21 heavy (non-hydrogen) atoms. The largest absolute Gasteiger partial charge is 0.450 e. The Morgan fingerprint density at radius 2 is 2.00 bits per heavy atom. The maximum atomic E-state index is 12.2. The van der Waals surface area contributed by atoms with Crippen LogP contribution in [0.3, 0.4) is 0 Å². The lowest BCUT2D eigenvalue weighted by Crippen LogP contribution is -2.33. The summed E-state index contributed by atoms with van der Waals surface area (Å²) < 4.78 is 47.2. The first kappa shape index (κ1) is 15.9. The molecular weight excluding hydrogens is 289 g/mol. The zero-order valence-corrected chi connectivity index (χ0v) is 11.7. The zero-order valence-electron chi connectivity index (χ0n) is 11.7. The minimum atomic E-state index is -4.89. The number of halogens is 3. The van der Waals surface area contributed by atoms with Gasteiger partial charge in [0.25, 0.3) is 0 Å². The number of hydrogen-bond donors (Lipinski definition) is 0. The molecule has 0 N–H and O–H groups in total. The van der Waals surface area contributed by atoms with Gasteiger partial charge in [0.15, 0.2) is 0 Å². The van der Waals surface area contributed by atoms with E-state index in [2.05, 4.69) is 10.1 Å². The lowest BCUT2D eigenvalue weighted by atomic mass is 9.84. The summed E-state index contributed by atoms with van der Waals surface area (Å²) in [6.07, 6.45) is -1.47. The second-order valence-electron chi connectivity index (χ2n) is 5.10. The van der Waals surface area contributed by atoms with E-state index in [4.69, 9.17) is 9.26 Å². The third kappa shape index (κ3) is 3.61. The topological polar surface area (TPSA) is 65.2 Å². The Morgan fingerprint density at radius 1 is 1.33 bits per heavy atom. The smallest absolute Gasteiger partial charge is 0.367 e. The molecule has 1 aliphatic carbocycles. The Kier molecular flexibility index (Phi) is 4.65. The van der Waals surface area contributed by atoms with Crippen molar-refractivity contribution in [3.8, 4) is 0 Å². The maximum Gasteiger partial charge on any atom is 0.450 e. The zero-order chi connectivity index (χ0) is 15.5. The van der Waals surface area contributed by atoms with Crippen molar-refractivity contribution in [3.63, 3.8) is 0 Å². The van der Waals surface area contributed by atoms with Gasteiger partial charge in [0.05, 0.1) is 6.42 Å². The van der Waals surface area contributed by atoms with E-state index in [9.17, 15) is 18.0 Å². The second-order valence-corrected chi connectivity index (χ2v) is 5.10. The molecule has 1 aromatic rings. The van der Waals surface area contributed by atoms with Crippen LogP contribution in [0.25, 0.3) is 0 Å². The average molecular weight is 306 g/mol. The molecule has 0 saturated heterocycles. The number of hydrogen-bond acceptors (Lipinski definition) is 5. The molecule has 118 valence electrons. The Hall–Kier alpha value is -1.44. The lowest BCUT2D eigenvalue weighted by molar-refractivity contribution is -0.170.